The molecule has 0 aromatic carbocycles. The number of hydrogen-bond acceptors (Lipinski definition) is 4. The molecule has 0 aliphatic rings. The quantitative estimate of drug-likeness (QED) is 0.596. The van der Waals surface area contributed by atoms with E-state index in [4.69, 9.17) is 4.42 Å². The molecule has 0 atom stereocenters. The second-order valence-electron chi connectivity index (χ2n) is 2.87. The molecule has 5 nitrogen and oxygen atoms in total. The lowest BCUT2D eigenvalue weighted by molar-refractivity contribution is -0.143. The van der Waals surface area contributed by atoms with Gasteiger partial charge in [-0.1, -0.05) is 0 Å². The largest absolute Gasteiger partial charge is 0.465 e. The summed E-state index contributed by atoms with van der Waals surface area (Å²) >= 11 is 0. The highest BCUT2D eigenvalue weighted by molar-refractivity contribution is 5.93. The minimum Gasteiger partial charge on any atom is -0.465 e. The minimum absolute atomic E-state index is 0.130. The molecule has 5 heteroatoms. The normalized spacial score (nSPS) is 10.3. The first-order valence-corrected chi connectivity index (χ1v) is 4.87. The molecule has 0 saturated heterocycles. The third kappa shape index (κ3) is 4.45. The van der Waals surface area contributed by atoms with Gasteiger partial charge in [-0.05, 0) is 25.1 Å². The van der Waals surface area contributed by atoms with Gasteiger partial charge in [0.15, 0.2) is 0 Å². The summed E-state index contributed by atoms with van der Waals surface area (Å²) in [7, 11) is 0. The van der Waals surface area contributed by atoms with Crippen LogP contribution in [0, 0.1) is 0 Å². The van der Waals surface area contributed by atoms with Crippen LogP contribution in [0.5, 0.6) is 0 Å². The number of ether oxygens (including phenoxy) is 1. The lowest BCUT2D eigenvalue weighted by Gasteiger charge is -2.01. The van der Waals surface area contributed by atoms with Gasteiger partial charge >= 0.3 is 5.97 Å². The van der Waals surface area contributed by atoms with Gasteiger partial charge in [0.05, 0.1) is 12.9 Å². The average Bonchev–Trinajstić information content (AvgIpc) is 2.77. The number of carbonyl (C=O) groups is 2. The summed E-state index contributed by atoms with van der Waals surface area (Å²) in [4.78, 5) is 22.1. The Morgan fingerprint density at radius 3 is 3.00 bits per heavy atom. The smallest absolute Gasteiger partial charge is 0.325 e. The molecular formula is C11H13NO4. The van der Waals surface area contributed by atoms with Crippen LogP contribution in [0.25, 0.3) is 6.08 Å². The Hall–Kier alpha value is -2.04. The Kier molecular flexibility index (Phi) is 4.85. The van der Waals surface area contributed by atoms with E-state index in [9.17, 15) is 9.59 Å². The molecule has 0 aliphatic carbocycles. The third-order valence-electron chi connectivity index (χ3n) is 1.65. The fourth-order valence-corrected chi connectivity index (χ4v) is 0.974. The van der Waals surface area contributed by atoms with Crippen LogP contribution >= 0.6 is 0 Å². The molecule has 0 bridgehead atoms. The van der Waals surface area contributed by atoms with Crippen LogP contribution in [0.3, 0.4) is 0 Å². The number of carbonyl (C=O) groups excluding carboxylic acids is 2. The van der Waals surface area contributed by atoms with E-state index in [2.05, 4.69) is 10.1 Å². The van der Waals surface area contributed by atoms with E-state index in [1.807, 2.05) is 0 Å². The van der Waals surface area contributed by atoms with Gasteiger partial charge in [0, 0.05) is 6.08 Å². The fraction of sp³-hybridized carbons (Fsp3) is 0.273. The van der Waals surface area contributed by atoms with Gasteiger partial charge in [0.25, 0.3) is 0 Å². The van der Waals surface area contributed by atoms with Crippen LogP contribution in [0.4, 0.5) is 0 Å². The molecule has 1 aromatic heterocycles. The molecule has 1 heterocycles. The van der Waals surface area contributed by atoms with Crippen LogP contribution in [-0.4, -0.2) is 25.0 Å². The highest BCUT2D eigenvalue weighted by Crippen LogP contribution is 2.01. The zero-order valence-electron chi connectivity index (χ0n) is 8.93. The summed E-state index contributed by atoms with van der Waals surface area (Å²) in [5.41, 5.74) is 0. The van der Waals surface area contributed by atoms with Crippen LogP contribution in [0.1, 0.15) is 12.7 Å². The fourth-order valence-electron chi connectivity index (χ4n) is 0.974. The summed E-state index contributed by atoms with van der Waals surface area (Å²) in [6.45, 7) is 1.88. The van der Waals surface area contributed by atoms with Gasteiger partial charge in [-0.15, -0.1) is 0 Å². The van der Waals surface area contributed by atoms with Crippen molar-refractivity contribution in [2.45, 2.75) is 6.92 Å². The Morgan fingerprint density at radius 1 is 1.56 bits per heavy atom. The van der Waals surface area contributed by atoms with E-state index in [0.717, 1.165) is 0 Å². The van der Waals surface area contributed by atoms with E-state index < -0.39 is 5.97 Å². The lowest BCUT2D eigenvalue weighted by atomic mass is 10.4. The summed E-state index contributed by atoms with van der Waals surface area (Å²) in [5, 5.41) is 2.39. The highest BCUT2D eigenvalue weighted by Gasteiger charge is 2.02. The first-order chi connectivity index (χ1) is 7.72. The summed E-state index contributed by atoms with van der Waals surface area (Å²) in [6, 6.07) is 3.44. The topological polar surface area (TPSA) is 68.5 Å². The molecule has 0 spiro atoms. The zero-order valence-corrected chi connectivity index (χ0v) is 8.93. The molecule has 0 aliphatic heterocycles. The molecule has 86 valence electrons. The van der Waals surface area contributed by atoms with Crippen LogP contribution in [0.15, 0.2) is 28.9 Å². The van der Waals surface area contributed by atoms with Crippen molar-refractivity contribution in [1.82, 2.24) is 5.32 Å². The maximum atomic E-state index is 11.2. The Balaban J connectivity index is 2.28. The molecule has 1 N–H and O–H groups in total. The second kappa shape index (κ2) is 6.44. The Labute approximate surface area is 93.1 Å². The predicted molar refractivity (Wildman–Crippen MR) is 57.4 cm³/mol. The molecule has 1 aromatic rings. The maximum Gasteiger partial charge on any atom is 0.325 e. The number of amides is 1. The third-order valence-corrected chi connectivity index (χ3v) is 1.65. The summed E-state index contributed by atoms with van der Waals surface area (Å²) in [6.07, 6.45) is 4.31. The van der Waals surface area contributed by atoms with Gasteiger partial charge in [-0.25, -0.2) is 0 Å². The van der Waals surface area contributed by atoms with Crippen molar-refractivity contribution < 1.29 is 18.7 Å². The van der Waals surface area contributed by atoms with Gasteiger partial charge in [0.1, 0.15) is 12.3 Å². The van der Waals surface area contributed by atoms with E-state index in [0.29, 0.717) is 12.4 Å². The van der Waals surface area contributed by atoms with Crippen molar-refractivity contribution in [2.75, 3.05) is 13.2 Å². The molecule has 0 saturated carbocycles. The van der Waals surface area contributed by atoms with E-state index in [-0.39, 0.29) is 12.5 Å². The van der Waals surface area contributed by atoms with Gasteiger partial charge in [-0.2, -0.15) is 0 Å². The van der Waals surface area contributed by atoms with Gasteiger partial charge in [-0.3, -0.25) is 9.59 Å². The summed E-state index contributed by atoms with van der Waals surface area (Å²) < 4.78 is 9.64. The maximum absolute atomic E-state index is 11.2. The second-order valence-corrected chi connectivity index (χ2v) is 2.87. The minimum atomic E-state index is -0.456. The molecule has 0 unspecified atom stereocenters. The Morgan fingerprint density at radius 2 is 2.38 bits per heavy atom. The highest BCUT2D eigenvalue weighted by atomic mass is 16.5. The van der Waals surface area contributed by atoms with Crippen molar-refractivity contribution in [1.29, 1.82) is 0 Å². The molecule has 1 rings (SSSR count). The van der Waals surface area contributed by atoms with Gasteiger partial charge < -0.3 is 14.5 Å². The van der Waals surface area contributed by atoms with E-state index >= 15 is 0 Å². The molecular weight excluding hydrogens is 210 g/mol. The number of nitrogens with one attached hydrogen (secondary N) is 1. The van der Waals surface area contributed by atoms with E-state index in [1.54, 1.807) is 19.1 Å². The lowest BCUT2D eigenvalue weighted by Crippen LogP contribution is -2.29. The first-order valence-electron chi connectivity index (χ1n) is 4.87. The number of esters is 1. The molecule has 0 fully saturated rings. The summed E-state index contributed by atoms with van der Waals surface area (Å²) in [5.74, 6) is -0.252. The number of furan rings is 1. The number of rotatable bonds is 5. The van der Waals surface area contributed by atoms with Crippen molar-refractivity contribution in [3.05, 3.63) is 30.2 Å². The van der Waals surface area contributed by atoms with Crippen molar-refractivity contribution in [2.24, 2.45) is 0 Å². The molecule has 1 amide bonds. The number of hydrogen-bond donors (Lipinski definition) is 1. The zero-order chi connectivity index (χ0) is 11.8. The van der Waals surface area contributed by atoms with Crippen LogP contribution in [0.2, 0.25) is 0 Å². The Bertz CT molecular complexity index is 367. The van der Waals surface area contributed by atoms with Crippen LogP contribution in [-0.2, 0) is 14.3 Å². The van der Waals surface area contributed by atoms with Crippen molar-refractivity contribution in [3.8, 4) is 0 Å². The monoisotopic (exact) mass is 223 g/mol. The van der Waals surface area contributed by atoms with Gasteiger partial charge in [0.2, 0.25) is 5.91 Å². The predicted octanol–water partition coefficient (Wildman–Crippen LogP) is 0.972. The molecule has 0 radical (unpaired) electrons. The average molecular weight is 223 g/mol. The SMILES string of the molecule is CCOC(=O)CNC(=O)/C=C\c1ccco1. The molecule has 16 heavy (non-hydrogen) atoms. The van der Waals surface area contributed by atoms with Crippen LogP contribution < -0.4 is 5.32 Å². The van der Waals surface area contributed by atoms with E-state index in [1.165, 1.54) is 18.4 Å². The van der Waals surface area contributed by atoms with Crippen molar-refractivity contribution in [3.63, 3.8) is 0 Å². The first kappa shape index (κ1) is 12.0. The van der Waals surface area contributed by atoms with Crippen molar-refractivity contribution >= 4 is 18.0 Å². The standard InChI is InChI=1S/C11H13NO4/c1-2-15-11(14)8-12-10(13)6-5-9-4-3-7-16-9/h3-7H,2,8H2,1H3,(H,12,13)/b6-5-.